The maximum absolute atomic E-state index is 12.7. The number of likely N-dealkylation sites (N-methyl/N-ethyl adjacent to an activating group) is 1. The van der Waals surface area contributed by atoms with Crippen LogP contribution in [0.15, 0.2) is 48.6 Å². The van der Waals surface area contributed by atoms with Crippen LogP contribution in [0, 0.1) is 0 Å². The van der Waals surface area contributed by atoms with Crippen molar-refractivity contribution in [3.8, 4) is 0 Å². The number of aliphatic carboxylic acids is 1. The number of hydrogen-bond donors (Lipinski definition) is 1. The Labute approximate surface area is 369 Å². The Kier molecular flexibility index (Phi) is 41.0. The van der Waals surface area contributed by atoms with Crippen molar-refractivity contribution in [1.82, 2.24) is 0 Å². The fraction of sp³-hybridized carbons (Fsp3) is 0.788. The number of carboxylic acids is 1. The second-order valence-electron chi connectivity index (χ2n) is 17.8. The number of nitrogens with zero attached hydrogens (tertiary/aromatic N) is 1. The first kappa shape index (κ1) is 57.3. The van der Waals surface area contributed by atoms with Crippen LogP contribution in [0.4, 0.5) is 0 Å². The van der Waals surface area contributed by atoms with E-state index < -0.39 is 18.1 Å². The first-order valence-corrected chi connectivity index (χ1v) is 24.7. The third kappa shape index (κ3) is 40.7. The second kappa shape index (κ2) is 43.0. The number of quaternary nitrogens is 1. The predicted molar refractivity (Wildman–Crippen MR) is 252 cm³/mol. The largest absolute Gasteiger partial charge is 0.477 e. The van der Waals surface area contributed by atoms with Gasteiger partial charge in [0, 0.05) is 19.3 Å². The molecule has 0 aromatic rings. The van der Waals surface area contributed by atoms with Crippen LogP contribution in [-0.2, 0) is 28.6 Å². The van der Waals surface area contributed by atoms with Crippen LogP contribution >= 0.6 is 0 Å². The quantitative estimate of drug-likeness (QED) is 0.0282. The van der Waals surface area contributed by atoms with Crippen LogP contribution in [0.25, 0.3) is 0 Å². The standard InChI is InChI=1S/C52H93NO7/c1-6-8-10-12-14-16-18-20-22-23-24-25-26-27-29-30-32-34-36-38-40-42-50(54)59-47-48(46-58-45-44-49(52(56)57)53(3,4)5)60-51(55)43-41-39-37-35-33-31-28-21-19-17-15-13-11-9-7-2/h9,11,13,15,17,19,21,28,48-49H,6-8,10,12,14,16,18,20,22-27,29-47H2,1-5H3/p+1/b11-9+,15-13+,19-17+,28-21+. The molecule has 0 heterocycles. The summed E-state index contributed by atoms with van der Waals surface area (Å²) in [5.41, 5.74) is 0. The summed E-state index contributed by atoms with van der Waals surface area (Å²) in [5, 5.41) is 9.64. The smallest absolute Gasteiger partial charge is 0.362 e. The lowest BCUT2D eigenvalue weighted by Crippen LogP contribution is -2.50. The van der Waals surface area contributed by atoms with Crippen molar-refractivity contribution < 1.29 is 38.2 Å². The predicted octanol–water partition coefficient (Wildman–Crippen LogP) is 14.0. The first-order valence-electron chi connectivity index (χ1n) is 24.7. The molecule has 2 unspecified atom stereocenters. The zero-order chi connectivity index (χ0) is 44.2. The maximum atomic E-state index is 12.7. The molecule has 0 aliphatic heterocycles. The van der Waals surface area contributed by atoms with Gasteiger partial charge in [-0.05, 0) is 32.1 Å². The Balaban J connectivity index is 4.24. The average molecular weight is 845 g/mol. The molecule has 0 rings (SSSR count). The molecular weight excluding hydrogens is 751 g/mol. The first-order chi connectivity index (χ1) is 29.1. The van der Waals surface area contributed by atoms with E-state index in [1.807, 2.05) is 45.4 Å². The van der Waals surface area contributed by atoms with Crippen LogP contribution < -0.4 is 0 Å². The summed E-state index contributed by atoms with van der Waals surface area (Å²) in [6.45, 7) is 4.60. The minimum Gasteiger partial charge on any atom is -0.477 e. The van der Waals surface area contributed by atoms with Gasteiger partial charge in [-0.15, -0.1) is 0 Å². The molecule has 0 radical (unpaired) electrons. The van der Waals surface area contributed by atoms with Crippen molar-refractivity contribution in [1.29, 1.82) is 0 Å². The van der Waals surface area contributed by atoms with E-state index in [0.717, 1.165) is 64.2 Å². The molecule has 0 amide bonds. The van der Waals surface area contributed by atoms with Crippen LogP contribution in [0.5, 0.6) is 0 Å². The lowest BCUT2D eigenvalue weighted by atomic mass is 10.0. The zero-order valence-electron chi connectivity index (χ0n) is 39.7. The molecule has 0 aliphatic rings. The zero-order valence-corrected chi connectivity index (χ0v) is 39.7. The highest BCUT2D eigenvalue weighted by Gasteiger charge is 2.31. The lowest BCUT2D eigenvalue weighted by Gasteiger charge is -2.31. The lowest BCUT2D eigenvalue weighted by molar-refractivity contribution is -0.887. The van der Waals surface area contributed by atoms with E-state index in [1.54, 1.807) is 0 Å². The average Bonchev–Trinajstić information content (AvgIpc) is 3.21. The SMILES string of the molecule is CC/C=C/C=C/C=C/C=C/CCCCCCCC(=O)OC(COCCC(C(=O)O)[N+](C)(C)C)COC(=O)CCCCCCCCCCCCCCCCCCCCCCC. The van der Waals surface area contributed by atoms with Gasteiger partial charge in [0.2, 0.25) is 0 Å². The van der Waals surface area contributed by atoms with E-state index in [2.05, 4.69) is 38.2 Å². The van der Waals surface area contributed by atoms with E-state index in [4.69, 9.17) is 14.2 Å². The highest BCUT2D eigenvalue weighted by atomic mass is 16.6. The van der Waals surface area contributed by atoms with Gasteiger partial charge in [0.05, 0.1) is 34.4 Å². The summed E-state index contributed by atoms with van der Waals surface area (Å²) < 4.78 is 17.3. The fourth-order valence-electron chi connectivity index (χ4n) is 7.28. The van der Waals surface area contributed by atoms with E-state index in [-0.39, 0.29) is 36.2 Å². The molecular formula is C52H94NO7+. The summed E-state index contributed by atoms with van der Waals surface area (Å²) in [5.74, 6) is -1.49. The molecule has 8 nitrogen and oxygen atoms in total. The summed E-state index contributed by atoms with van der Waals surface area (Å²) in [6.07, 6.45) is 51.6. The Morgan fingerprint density at radius 1 is 0.517 bits per heavy atom. The van der Waals surface area contributed by atoms with Gasteiger partial charge in [-0.1, -0.05) is 210 Å². The highest BCUT2D eigenvalue weighted by molar-refractivity contribution is 5.72. The van der Waals surface area contributed by atoms with Gasteiger partial charge in [-0.3, -0.25) is 9.59 Å². The molecule has 0 aliphatic carbocycles. The van der Waals surface area contributed by atoms with Gasteiger partial charge >= 0.3 is 17.9 Å². The third-order valence-corrected chi connectivity index (χ3v) is 11.1. The summed E-state index contributed by atoms with van der Waals surface area (Å²) >= 11 is 0. The van der Waals surface area contributed by atoms with E-state index in [1.165, 1.54) is 116 Å². The molecule has 348 valence electrons. The Morgan fingerprint density at radius 3 is 1.38 bits per heavy atom. The maximum Gasteiger partial charge on any atom is 0.362 e. The molecule has 0 fully saturated rings. The van der Waals surface area contributed by atoms with Crippen LogP contribution in [0.1, 0.15) is 213 Å². The molecule has 8 heteroatoms. The van der Waals surface area contributed by atoms with E-state index >= 15 is 0 Å². The Hall–Kier alpha value is -2.71. The van der Waals surface area contributed by atoms with Gasteiger partial charge in [-0.2, -0.15) is 0 Å². The van der Waals surface area contributed by atoms with Gasteiger partial charge in [0.1, 0.15) is 6.61 Å². The molecule has 1 N–H and O–H groups in total. The molecule has 60 heavy (non-hydrogen) atoms. The van der Waals surface area contributed by atoms with Gasteiger partial charge in [-0.25, -0.2) is 4.79 Å². The van der Waals surface area contributed by atoms with Crippen molar-refractivity contribution in [2.75, 3.05) is 41.0 Å². The third-order valence-electron chi connectivity index (χ3n) is 11.1. The van der Waals surface area contributed by atoms with Crippen molar-refractivity contribution >= 4 is 17.9 Å². The number of unbranched alkanes of at least 4 members (excludes halogenated alkanes) is 25. The van der Waals surface area contributed by atoms with Crippen molar-refractivity contribution in [3.63, 3.8) is 0 Å². The van der Waals surface area contributed by atoms with Crippen LogP contribution in [0.3, 0.4) is 0 Å². The molecule has 2 atom stereocenters. The summed E-state index contributed by atoms with van der Waals surface area (Å²) in [4.78, 5) is 37.1. The Morgan fingerprint density at radius 2 is 0.933 bits per heavy atom. The van der Waals surface area contributed by atoms with Crippen molar-refractivity contribution in [2.45, 2.75) is 225 Å². The van der Waals surface area contributed by atoms with Gasteiger partial charge in [0.15, 0.2) is 12.1 Å². The van der Waals surface area contributed by atoms with E-state index in [0.29, 0.717) is 19.3 Å². The van der Waals surface area contributed by atoms with Crippen LogP contribution in [0.2, 0.25) is 0 Å². The molecule has 0 bridgehead atoms. The number of allylic oxidation sites excluding steroid dienone is 8. The monoisotopic (exact) mass is 845 g/mol. The number of carboxylic acid groups (broad SMARTS) is 1. The molecule has 0 saturated heterocycles. The molecule has 0 aromatic heterocycles. The highest BCUT2D eigenvalue weighted by Crippen LogP contribution is 2.16. The number of esters is 2. The molecule has 0 saturated carbocycles. The number of hydrogen-bond acceptors (Lipinski definition) is 6. The normalized spacial score (nSPS) is 13.3. The number of ether oxygens (including phenoxy) is 3. The van der Waals surface area contributed by atoms with Crippen molar-refractivity contribution in [2.24, 2.45) is 0 Å². The minimum atomic E-state index is -0.879. The number of carbonyl (C=O) groups excluding carboxylic acids is 2. The Bertz CT molecular complexity index is 1120. The van der Waals surface area contributed by atoms with E-state index in [9.17, 15) is 19.5 Å². The summed E-state index contributed by atoms with van der Waals surface area (Å²) in [7, 11) is 5.52. The topological polar surface area (TPSA) is 99.1 Å². The minimum absolute atomic E-state index is 0.0523. The van der Waals surface area contributed by atoms with Gasteiger partial charge < -0.3 is 23.8 Å². The molecule has 0 spiro atoms. The number of rotatable bonds is 44. The van der Waals surface area contributed by atoms with Crippen LogP contribution in [-0.4, -0.2) is 80.6 Å². The second-order valence-corrected chi connectivity index (χ2v) is 17.8. The summed E-state index contributed by atoms with van der Waals surface area (Å²) in [6, 6.07) is -0.619. The number of carbonyl (C=O) groups is 3. The molecule has 0 aromatic carbocycles. The van der Waals surface area contributed by atoms with Gasteiger partial charge in [0.25, 0.3) is 0 Å². The fourth-order valence-corrected chi connectivity index (χ4v) is 7.28. The van der Waals surface area contributed by atoms with Crippen molar-refractivity contribution in [3.05, 3.63) is 48.6 Å².